The van der Waals surface area contributed by atoms with Crippen LogP contribution in [0.5, 0.6) is 0 Å². The SMILES string of the molecule is CCCC1(C(=O)O)CCN(CC2CC3CCC2C3)C1. The van der Waals surface area contributed by atoms with Gasteiger partial charge in [0.05, 0.1) is 5.41 Å². The van der Waals surface area contributed by atoms with Gasteiger partial charge in [0.25, 0.3) is 0 Å². The number of aliphatic carboxylic acids is 1. The monoisotopic (exact) mass is 265 g/mol. The number of hydrogen-bond donors (Lipinski definition) is 1. The summed E-state index contributed by atoms with van der Waals surface area (Å²) in [4.78, 5) is 14.1. The van der Waals surface area contributed by atoms with E-state index in [1.54, 1.807) is 0 Å². The highest BCUT2D eigenvalue weighted by atomic mass is 16.4. The molecule has 4 unspecified atom stereocenters. The zero-order valence-corrected chi connectivity index (χ0v) is 12.1. The van der Waals surface area contributed by atoms with Gasteiger partial charge in [-0.2, -0.15) is 0 Å². The van der Waals surface area contributed by atoms with Gasteiger partial charge >= 0.3 is 5.97 Å². The fraction of sp³-hybridized carbons (Fsp3) is 0.938. The fourth-order valence-electron chi connectivity index (χ4n) is 5.01. The first kappa shape index (κ1) is 13.4. The molecular weight excluding hydrogens is 238 g/mol. The maximum Gasteiger partial charge on any atom is 0.310 e. The summed E-state index contributed by atoms with van der Waals surface area (Å²) in [6, 6.07) is 0. The molecule has 2 aliphatic carbocycles. The van der Waals surface area contributed by atoms with Crippen LogP contribution in [0.4, 0.5) is 0 Å². The Morgan fingerprint density at radius 3 is 2.79 bits per heavy atom. The Balaban J connectivity index is 1.58. The van der Waals surface area contributed by atoms with Crippen molar-refractivity contribution in [1.82, 2.24) is 4.90 Å². The van der Waals surface area contributed by atoms with Gasteiger partial charge in [0.15, 0.2) is 0 Å². The summed E-state index contributed by atoms with van der Waals surface area (Å²) in [6.45, 7) is 5.06. The molecule has 0 aromatic heterocycles. The molecule has 3 heteroatoms. The van der Waals surface area contributed by atoms with Crippen LogP contribution in [-0.4, -0.2) is 35.6 Å². The second kappa shape index (κ2) is 5.08. The highest BCUT2D eigenvalue weighted by molar-refractivity contribution is 5.75. The minimum atomic E-state index is -0.565. The van der Waals surface area contributed by atoms with Crippen LogP contribution in [0.1, 0.15) is 51.9 Å². The van der Waals surface area contributed by atoms with Crippen LogP contribution in [0.15, 0.2) is 0 Å². The van der Waals surface area contributed by atoms with E-state index in [1.165, 1.54) is 32.2 Å². The van der Waals surface area contributed by atoms with Crippen LogP contribution in [0.2, 0.25) is 0 Å². The largest absolute Gasteiger partial charge is 0.481 e. The van der Waals surface area contributed by atoms with Gasteiger partial charge in [-0.25, -0.2) is 0 Å². The van der Waals surface area contributed by atoms with Crippen LogP contribution in [0.25, 0.3) is 0 Å². The fourth-order valence-corrected chi connectivity index (χ4v) is 5.01. The summed E-state index contributed by atoms with van der Waals surface area (Å²) < 4.78 is 0. The average molecular weight is 265 g/mol. The Morgan fingerprint density at radius 2 is 2.21 bits per heavy atom. The molecule has 3 aliphatic rings. The molecule has 0 spiro atoms. The van der Waals surface area contributed by atoms with Crippen molar-refractivity contribution in [1.29, 1.82) is 0 Å². The van der Waals surface area contributed by atoms with Crippen LogP contribution in [0.3, 0.4) is 0 Å². The zero-order valence-electron chi connectivity index (χ0n) is 12.1. The highest BCUT2D eigenvalue weighted by Gasteiger charge is 2.46. The van der Waals surface area contributed by atoms with E-state index in [0.29, 0.717) is 0 Å². The topological polar surface area (TPSA) is 40.5 Å². The van der Waals surface area contributed by atoms with E-state index in [0.717, 1.165) is 50.1 Å². The molecule has 1 aliphatic heterocycles. The molecule has 19 heavy (non-hydrogen) atoms. The molecule has 2 bridgehead atoms. The smallest absolute Gasteiger partial charge is 0.310 e. The number of likely N-dealkylation sites (tertiary alicyclic amines) is 1. The van der Waals surface area contributed by atoms with Crippen molar-refractivity contribution in [3.05, 3.63) is 0 Å². The van der Waals surface area contributed by atoms with Gasteiger partial charge in [-0.05, 0) is 56.4 Å². The first-order valence-corrected chi connectivity index (χ1v) is 8.09. The third-order valence-electron chi connectivity index (χ3n) is 5.99. The van der Waals surface area contributed by atoms with Gasteiger partial charge in [0, 0.05) is 13.1 Å². The summed E-state index contributed by atoms with van der Waals surface area (Å²) in [5.74, 6) is 2.25. The molecule has 1 N–H and O–H groups in total. The molecule has 3 fully saturated rings. The molecule has 0 aromatic carbocycles. The van der Waals surface area contributed by atoms with Crippen molar-refractivity contribution >= 4 is 5.97 Å². The lowest BCUT2D eigenvalue weighted by molar-refractivity contribution is -0.148. The standard InChI is InChI=1S/C16H27NO2/c1-2-5-16(15(18)19)6-7-17(11-16)10-14-9-12-3-4-13(14)8-12/h12-14H,2-11H2,1H3,(H,18,19). The summed E-state index contributed by atoms with van der Waals surface area (Å²) >= 11 is 0. The number of rotatable bonds is 5. The number of hydrogen-bond acceptors (Lipinski definition) is 2. The molecule has 1 saturated heterocycles. The maximum atomic E-state index is 11.6. The Bertz CT molecular complexity index is 357. The number of carboxylic acids is 1. The predicted octanol–water partition coefficient (Wildman–Crippen LogP) is 3.00. The number of nitrogens with zero attached hydrogens (tertiary/aromatic N) is 1. The van der Waals surface area contributed by atoms with Gasteiger partial charge in [-0.1, -0.05) is 19.8 Å². The van der Waals surface area contributed by atoms with Crippen molar-refractivity contribution in [3.8, 4) is 0 Å². The molecule has 0 amide bonds. The minimum Gasteiger partial charge on any atom is -0.481 e. The molecule has 3 nitrogen and oxygen atoms in total. The van der Waals surface area contributed by atoms with Crippen molar-refractivity contribution in [2.45, 2.75) is 51.9 Å². The molecule has 0 radical (unpaired) electrons. The number of fused-ring (bicyclic) bond motifs is 2. The van der Waals surface area contributed by atoms with E-state index >= 15 is 0 Å². The van der Waals surface area contributed by atoms with Crippen LogP contribution in [0, 0.1) is 23.2 Å². The lowest BCUT2D eigenvalue weighted by Crippen LogP contribution is -2.36. The van der Waals surface area contributed by atoms with E-state index in [-0.39, 0.29) is 0 Å². The van der Waals surface area contributed by atoms with Crippen molar-refractivity contribution in [2.75, 3.05) is 19.6 Å². The molecule has 108 valence electrons. The molecule has 3 rings (SSSR count). The maximum absolute atomic E-state index is 11.6. The van der Waals surface area contributed by atoms with E-state index in [9.17, 15) is 9.90 Å². The second-order valence-corrected chi connectivity index (χ2v) is 7.26. The van der Waals surface area contributed by atoms with Crippen molar-refractivity contribution < 1.29 is 9.90 Å². The molecular formula is C16H27NO2. The van der Waals surface area contributed by atoms with E-state index in [4.69, 9.17) is 0 Å². The first-order valence-electron chi connectivity index (χ1n) is 8.09. The first-order chi connectivity index (χ1) is 9.13. The molecule has 0 aromatic rings. The van der Waals surface area contributed by atoms with Gasteiger partial charge in [0.2, 0.25) is 0 Å². The van der Waals surface area contributed by atoms with E-state index < -0.39 is 11.4 Å². The normalized spacial score (nSPS) is 42.1. The zero-order chi connectivity index (χ0) is 13.5. The van der Waals surface area contributed by atoms with Gasteiger partial charge in [-0.15, -0.1) is 0 Å². The summed E-state index contributed by atoms with van der Waals surface area (Å²) in [5.41, 5.74) is -0.438. The summed E-state index contributed by atoms with van der Waals surface area (Å²) in [6.07, 6.45) is 8.44. The quantitative estimate of drug-likeness (QED) is 0.830. The summed E-state index contributed by atoms with van der Waals surface area (Å²) in [5, 5.41) is 9.55. The van der Waals surface area contributed by atoms with E-state index in [2.05, 4.69) is 11.8 Å². The Hall–Kier alpha value is -0.570. The van der Waals surface area contributed by atoms with Gasteiger partial charge in [0.1, 0.15) is 0 Å². The minimum absolute atomic E-state index is 0.438. The lowest BCUT2D eigenvalue weighted by Gasteiger charge is -2.29. The number of carboxylic acid groups (broad SMARTS) is 1. The molecule has 2 saturated carbocycles. The Labute approximate surface area is 116 Å². The van der Waals surface area contributed by atoms with Crippen molar-refractivity contribution in [2.24, 2.45) is 23.2 Å². The molecule has 4 atom stereocenters. The number of carbonyl (C=O) groups is 1. The van der Waals surface area contributed by atoms with Crippen molar-refractivity contribution in [3.63, 3.8) is 0 Å². The van der Waals surface area contributed by atoms with Crippen LogP contribution in [-0.2, 0) is 4.79 Å². The van der Waals surface area contributed by atoms with Gasteiger partial charge < -0.3 is 10.0 Å². The van der Waals surface area contributed by atoms with Crippen LogP contribution < -0.4 is 0 Å². The second-order valence-electron chi connectivity index (χ2n) is 7.26. The third kappa shape index (κ3) is 2.42. The average Bonchev–Trinajstić information content (AvgIpc) is 3.05. The highest BCUT2D eigenvalue weighted by Crippen LogP contribution is 2.49. The van der Waals surface area contributed by atoms with Crippen LogP contribution >= 0.6 is 0 Å². The summed E-state index contributed by atoms with van der Waals surface area (Å²) in [7, 11) is 0. The third-order valence-corrected chi connectivity index (χ3v) is 5.99. The predicted molar refractivity (Wildman–Crippen MR) is 75.0 cm³/mol. The van der Waals surface area contributed by atoms with Gasteiger partial charge in [-0.3, -0.25) is 4.79 Å². The molecule has 1 heterocycles. The Morgan fingerprint density at radius 1 is 1.37 bits per heavy atom. The Kier molecular flexibility index (Phi) is 3.59. The van der Waals surface area contributed by atoms with E-state index in [1.807, 2.05) is 0 Å². The lowest BCUT2D eigenvalue weighted by atomic mass is 9.82.